The molecule has 0 aliphatic rings. The molecule has 0 aromatic heterocycles. The van der Waals surface area contributed by atoms with E-state index < -0.39 is 5.97 Å². The number of amides is 2. The lowest BCUT2D eigenvalue weighted by Gasteiger charge is -2.24. The molecule has 100 valence electrons. The lowest BCUT2D eigenvalue weighted by molar-refractivity contribution is -0.137. The first-order chi connectivity index (χ1) is 7.99. The minimum atomic E-state index is -0.759. The molecule has 5 heteroatoms. The third-order valence-corrected chi connectivity index (χ3v) is 2.92. The van der Waals surface area contributed by atoms with E-state index in [1.165, 1.54) is 0 Å². The van der Waals surface area contributed by atoms with E-state index in [2.05, 4.69) is 5.32 Å². The summed E-state index contributed by atoms with van der Waals surface area (Å²) in [6.07, 6.45) is 3.47. The average molecular weight is 244 g/mol. The summed E-state index contributed by atoms with van der Waals surface area (Å²) in [4.78, 5) is 23.6. The molecule has 2 N–H and O–H groups in total. The maximum Gasteiger partial charge on any atom is 0.317 e. The molecule has 0 bridgehead atoms. The van der Waals surface area contributed by atoms with Crippen molar-refractivity contribution in [3.05, 3.63) is 0 Å². The van der Waals surface area contributed by atoms with Gasteiger partial charge in [-0.2, -0.15) is 0 Å². The molecular weight excluding hydrogens is 220 g/mol. The number of unbranched alkanes of at least 4 members (excludes halogenated alkanes) is 2. The molecule has 0 saturated carbocycles. The first kappa shape index (κ1) is 15.7. The van der Waals surface area contributed by atoms with Crippen LogP contribution in [0.3, 0.4) is 0 Å². The molecule has 17 heavy (non-hydrogen) atoms. The van der Waals surface area contributed by atoms with Crippen LogP contribution in [-0.4, -0.2) is 41.6 Å². The second-order valence-corrected chi connectivity index (χ2v) is 4.30. The van der Waals surface area contributed by atoms with Crippen LogP contribution < -0.4 is 5.32 Å². The zero-order chi connectivity index (χ0) is 13.3. The van der Waals surface area contributed by atoms with Crippen LogP contribution in [0.5, 0.6) is 0 Å². The van der Waals surface area contributed by atoms with E-state index in [-0.39, 0.29) is 18.5 Å². The van der Waals surface area contributed by atoms with Crippen LogP contribution in [0.2, 0.25) is 0 Å². The summed E-state index contributed by atoms with van der Waals surface area (Å²) in [5, 5.41) is 11.3. The second kappa shape index (κ2) is 8.84. The Kier molecular flexibility index (Phi) is 8.19. The van der Waals surface area contributed by atoms with Crippen molar-refractivity contribution in [3.63, 3.8) is 0 Å². The first-order valence-corrected chi connectivity index (χ1v) is 6.21. The van der Waals surface area contributed by atoms with E-state index in [1.807, 2.05) is 13.8 Å². The lowest BCUT2D eigenvalue weighted by atomic mass is 10.2. The summed E-state index contributed by atoms with van der Waals surface area (Å²) in [5.41, 5.74) is 0. The van der Waals surface area contributed by atoms with Crippen molar-refractivity contribution in [2.75, 3.05) is 13.6 Å². The van der Waals surface area contributed by atoms with Crippen molar-refractivity contribution < 1.29 is 14.7 Å². The second-order valence-electron chi connectivity index (χ2n) is 4.30. The molecule has 0 rings (SSSR count). The van der Waals surface area contributed by atoms with Crippen LogP contribution in [0.1, 0.15) is 46.0 Å². The van der Waals surface area contributed by atoms with Gasteiger partial charge in [0, 0.05) is 26.1 Å². The predicted octanol–water partition coefficient (Wildman–Crippen LogP) is 2.07. The number of carbonyl (C=O) groups excluding carboxylic acids is 1. The fourth-order valence-corrected chi connectivity index (χ4v) is 1.37. The molecule has 0 aliphatic heterocycles. The van der Waals surface area contributed by atoms with Crippen LogP contribution in [0.25, 0.3) is 0 Å². The number of carboxylic acids is 1. The van der Waals surface area contributed by atoms with Crippen molar-refractivity contribution in [2.24, 2.45) is 0 Å². The highest BCUT2D eigenvalue weighted by Gasteiger charge is 2.12. The van der Waals surface area contributed by atoms with Crippen LogP contribution >= 0.6 is 0 Å². The molecule has 2 amide bonds. The topological polar surface area (TPSA) is 69.6 Å². The Morgan fingerprint density at radius 2 is 1.94 bits per heavy atom. The minimum absolute atomic E-state index is 0.0578. The highest BCUT2D eigenvalue weighted by Crippen LogP contribution is 2.01. The largest absolute Gasteiger partial charge is 0.481 e. The number of carboxylic acid groups (broad SMARTS) is 1. The van der Waals surface area contributed by atoms with Gasteiger partial charge in [-0.3, -0.25) is 4.79 Å². The fourth-order valence-electron chi connectivity index (χ4n) is 1.37. The van der Waals surface area contributed by atoms with Gasteiger partial charge in [0.2, 0.25) is 0 Å². The molecule has 0 aromatic rings. The number of aliphatic carboxylic acids is 1. The summed E-state index contributed by atoms with van der Waals surface area (Å²) in [7, 11) is 1.79. The molecule has 0 fully saturated rings. The highest BCUT2D eigenvalue weighted by atomic mass is 16.4. The van der Waals surface area contributed by atoms with E-state index >= 15 is 0 Å². The zero-order valence-electron chi connectivity index (χ0n) is 11.0. The van der Waals surface area contributed by atoms with Gasteiger partial charge in [0.15, 0.2) is 0 Å². The van der Waals surface area contributed by atoms with E-state index in [0.717, 1.165) is 19.3 Å². The molecule has 0 heterocycles. The molecule has 0 aliphatic carbocycles. The fraction of sp³-hybridized carbons (Fsp3) is 0.833. The van der Waals surface area contributed by atoms with Crippen LogP contribution in [0, 0.1) is 0 Å². The molecule has 5 nitrogen and oxygen atoms in total. The van der Waals surface area contributed by atoms with E-state index in [1.54, 1.807) is 11.9 Å². The molecule has 0 saturated heterocycles. The van der Waals surface area contributed by atoms with Gasteiger partial charge in [-0.05, 0) is 26.2 Å². The number of urea groups is 1. The van der Waals surface area contributed by atoms with Gasteiger partial charge in [0.25, 0.3) is 0 Å². The third kappa shape index (κ3) is 7.60. The summed E-state index contributed by atoms with van der Waals surface area (Å²) in [6, 6.07) is 0.180. The normalized spacial score (nSPS) is 11.9. The number of rotatable bonds is 8. The maximum absolute atomic E-state index is 11.6. The number of carbonyl (C=O) groups is 2. The lowest BCUT2D eigenvalue weighted by Crippen LogP contribution is -2.42. The van der Waals surface area contributed by atoms with Crippen molar-refractivity contribution in [2.45, 2.75) is 52.0 Å². The van der Waals surface area contributed by atoms with Gasteiger partial charge >= 0.3 is 12.0 Å². The summed E-state index contributed by atoms with van der Waals surface area (Å²) >= 11 is 0. The maximum atomic E-state index is 11.6. The molecule has 0 radical (unpaired) electrons. The van der Waals surface area contributed by atoms with Crippen molar-refractivity contribution in [1.82, 2.24) is 10.2 Å². The number of hydrogen-bond donors (Lipinski definition) is 2. The zero-order valence-corrected chi connectivity index (χ0v) is 11.0. The van der Waals surface area contributed by atoms with Gasteiger partial charge in [-0.15, -0.1) is 0 Å². The quantitative estimate of drug-likeness (QED) is 0.642. The Hall–Kier alpha value is -1.26. The molecular formula is C12H24N2O3. The summed E-state index contributed by atoms with van der Waals surface area (Å²) in [6.45, 7) is 4.66. The monoisotopic (exact) mass is 244 g/mol. The van der Waals surface area contributed by atoms with Gasteiger partial charge in [-0.1, -0.05) is 13.3 Å². The van der Waals surface area contributed by atoms with Crippen LogP contribution in [0.15, 0.2) is 0 Å². The smallest absolute Gasteiger partial charge is 0.317 e. The Morgan fingerprint density at radius 3 is 2.47 bits per heavy atom. The molecule has 1 atom stereocenters. The Morgan fingerprint density at radius 1 is 1.29 bits per heavy atom. The van der Waals surface area contributed by atoms with Crippen molar-refractivity contribution in [1.29, 1.82) is 0 Å². The summed E-state index contributed by atoms with van der Waals surface area (Å²) in [5.74, 6) is -0.759. The highest BCUT2D eigenvalue weighted by molar-refractivity contribution is 5.74. The predicted molar refractivity (Wildman–Crippen MR) is 67.0 cm³/mol. The Bertz CT molecular complexity index is 244. The summed E-state index contributed by atoms with van der Waals surface area (Å²) < 4.78 is 0. The number of nitrogens with zero attached hydrogens (tertiary/aromatic N) is 1. The SMILES string of the molecule is CCC(C)N(C)C(=O)NCCCCCC(=O)O. The van der Waals surface area contributed by atoms with Gasteiger partial charge in [0.05, 0.1) is 0 Å². The third-order valence-electron chi connectivity index (χ3n) is 2.92. The molecule has 1 unspecified atom stereocenters. The van der Waals surface area contributed by atoms with Gasteiger partial charge in [-0.25, -0.2) is 4.79 Å². The number of hydrogen-bond acceptors (Lipinski definition) is 2. The minimum Gasteiger partial charge on any atom is -0.481 e. The Labute approximate surface area is 103 Å². The Balaban J connectivity index is 3.54. The average Bonchev–Trinajstić information content (AvgIpc) is 2.30. The first-order valence-electron chi connectivity index (χ1n) is 6.21. The van der Waals surface area contributed by atoms with E-state index in [9.17, 15) is 9.59 Å². The van der Waals surface area contributed by atoms with Crippen molar-refractivity contribution in [3.8, 4) is 0 Å². The van der Waals surface area contributed by atoms with Gasteiger partial charge < -0.3 is 15.3 Å². The van der Waals surface area contributed by atoms with Crippen molar-refractivity contribution >= 4 is 12.0 Å². The molecule has 0 spiro atoms. The van der Waals surface area contributed by atoms with Crippen LogP contribution in [0.4, 0.5) is 4.79 Å². The van der Waals surface area contributed by atoms with E-state index in [0.29, 0.717) is 13.0 Å². The van der Waals surface area contributed by atoms with E-state index in [4.69, 9.17) is 5.11 Å². The standard InChI is InChI=1S/C12H24N2O3/c1-4-10(2)14(3)12(17)13-9-7-5-6-8-11(15)16/h10H,4-9H2,1-3H3,(H,13,17)(H,15,16). The van der Waals surface area contributed by atoms with Gasteiger partial charge in [0.1, 0.15) is 0 Å². The molecule has 0 aromatic carbocycles. The number of nitrogens with one attached hydrogen (secondary N) is 1. The van der Waals surface area contributed by atoms with Crippen LogP contribution in [-0.2, 0) is 4.79 Å².